The van der Waals surface area contributed by atoms with Crippen molar-refractivity contribution in [3.8, 4) is 5.75 Å². The van der Waals surface area contributed by atoms with Crippen LogP contribution in [0.5, 0.6) is 5.75 Å². The molecule has 0 fully saturated rings. The highest BCUT2D eigenvalue weighted by molar-refractivity contribution is 8.00. The molecule has 2 atom stereocenters. The van der Waals surface area contributed by atoms with Crippen molar-refractivity contribution in [2.24, 2.45) is 0 Å². The van der Waals surface area contributed by atoms with Crippen molar-refractivity contribution in [2.45, 2.75) is 55.9 Å². The predicted molar refractivity (Wildman–Crippen MR) is 103 cm³/mol. The average molecular weight is 356 g/mol. The van der Waals surface area contributed by atoms with Gasteiger partial charge in [0.25, 0.3) is 0 Å². The Labute approximate surface area is 154 Å². The maximum atomic E-state index is 12.7. The summed E-state index contributed by atoms with van der Waals surface area (Å²) >= 11 is 1.59. The first-order chi connectivity index (χ1) is 11.8. The van der Waals surface area contributed by atoms with Crippen molar-refractivity contribution < 1.29 is 9.53 Å². The summed E-state index contributed by atoms with van der Waals surface area (Å²) in [6.45, 7) is 8.14. The zero-order chi connectivity index (χ0) is 18.0. The van der Waals surface area contributed by atoms with E-state index in [9.17, 15) is 4.79 Å². The molecule has 25 heavy (non-hydrogen) atoms. The van der Waals surface area contributed by atoms with Gasteiger partial charge in [-0.2, -0.15) is 0 Å². The average Bonchev–Trinajstić information content (AvgIpc) is 2.56. The minimum atomic E-state index is -0.292. The molecule has 1 amide bonds. The largest absolute Gasteiger partial charge is 0.487 e. The van der Waals surface area contributed by atoms with Crippen molar-refractivity contribution in [1.29, 1.82) is 0 Å². The van der Waals surface area contributed by atoms with Crippen LogP contribution in [-0.4, -0.2) is 16.8 Å². The van der Waals surface area contributed by atoms with Gasteiger partial charge in [0.2, 0.25) is 5.91 Å². The molecule has 0 radical (unpaired) electrons. The van der Waals surface area contributed by atoms with Crippen LogP contribution in [0.3, 0.4) is 0 Å². The molecule has 0 bridgehead atoms. The number of rotatable bonds is 4. The standard InChI is InChI=1S/C21H25NO2S/c1-14-9-11-16(12-10-14)25-15(2)20(23)22-18-13-21(3,4)24-19-8-6-5-7-17(18)19/h5-12,15,18H,13H2,1-4H3,(H,22,23)/t15-,18-/m0/s1. The van der Waals surface area contributed by atoms with Crippen LogP contribution >= 0.6 is 11.8 Å². The van der Waals surface area contributed by atoms with Crippen LogP contribution in [0.4, 0.5) is 0 Å². The number of carbonyl (C=O) groups is 1. The van der Waals surface area contributed by atoms with Gasteiger partial charge in [-0.15, -0.1) is 11.8 Å². The molecular formula is C21H25NO2S. The summed E-state index contributed by atoms with van der Waals surface area (Å²) in [5, 5.41) is 3.07. The number of carbonyl (C=O) groups excluding carboxylic acids is 1. The van der Waals surface area contributed by atoms with Crippen LogP contribution in [0, 0.1) is 6.92 Å². The summed E-state index contributed by atoms with van der Waals surface area (Å²) in [6.07, 6.45) is 0.762. The van der Waals surface area contributed by atoms with Gasteiger partial charge in [-0.1, -0.05) is 35.9 Å². The number of para-hydroxylation sites is 1. The molecule has 1 N–H and O–H groups in total. The highest BCUT2D eigenvalue weighted by Gasteiger charge is 2.34. The molecule has 132 valence electrons. The van der Waals surface area contributed by atoms with E-state index in [0.717, 1.165) is 22.6 Å². The minimum absolute atomic E-state index is 0.0199. The summed E-state index contributed by atoms with van der Waals surface area (Å²) in [5.74, 6) is 0.922. The van der Waals surface area contributed by atoms with Gasteiger partial charge in [0.15, 0.2) is 0 Å². The van der Waals surface area contributed by atoms with Gasteiger partial charge in [0, 0.05) is 16.9 Å². The lowest BCUT2D eigenvalue weighted by Crippen LogP contribution is -2.43. The molecule has 0 unspecified atom stereocenters. The molecule has 1 aliphatic heterocycles. The Morgan fingerprint density at radius 3 is 2.60 bits per heavy atom. The summed E-state index contributed by atoms with van der Waals surface area (Å²) in [4.78, 5) is 13.8. The quantitative estimate of drug-likeness (QED) is 0.793. The maximum absolute atomic E-state index is 12.7. The molecule has 1 aliphatic rings. The van der Waals surface area contributed by atoms with Gasteiger partial charge < -0.3 is 10.1 Å². The number of amides is 1. The first-order valence-corrected chi connectivity index (χ1v) is 9.54. The minimum Gasteiger partial charge on any atom is -0.487 e. The zero-order valence-electron chi connectivity index (χ0n) is 15.2. The Kier molecular flexibility index (Phi) is 5.09. The Hall–Kier alpha value is -1.94. The van der Waals surface area contributed by atoms with Crippen molar-refractivity contribution in [3.05, 3.63) is 59.7 Å². The van der Waals surface area contributed by atoms with Gasteiger partial charge in [-0.25, -0.2) is 0 Å². The van der Waals surface area contributed by atoms with Crippen molar-refractivity contribution >= 4 is 17.7 Å². The fraction of sp³-hybridized carbons (Fsp3) is 0.381. The fourth-order valence-corrected chi connectivity index (χ4v) is 3.97. The number of thioether (sulfide) groups is 1. The third-order valence-electron chi connectivity index (χ3n) is 4.40. The second kappa shape index (κ2) is 7.12. The van der Waals surface area contributed by atoms with Crippen molar-refractivity contribution in [2.75, 3.05) is 0 Å². The Balaban J connectivity index is 1.70. The van der Waals surface area contributed by atoms with Gasteiger partial charge in [-0.3, -0.25) is 4.79 Å². The smallest absolute Gasteiger partial charge is 0.233 e. The van der Waals surface area contributed by atoms with Crippen LogP contribution in [-0.2, 0) is 4.79 Å². The third-order valence-corrected chi connectivity index (χ3v) is 5.51. The summed E-state index contributed by atoms with van der Waals surface area (Å²) < 4.78 is 6.04. The normalized spacial score (nSPS) is 19.4. The lowest BCUT2D eigenvalue weighted by molar-refractivity contribution is -0.121. The first-order valence-electron chi connectivity index (χ1n) is 8.66. The van der Waals surface area contributed by atoms with Crippen LogP contribution in [0.25, 0.3) is 0 Å². The van der Waals surface area contributed by atoms with E-state index in [0.29, 0.717) is 0 Å². The highest BCUT2D eigenvalue weighted by atomic mass is 32.2. The lowest BCUT2D eigenvalue weighted by atomic mass is 9.89. The number of nitrogens with one attached hydrogen (secondary N) is 1. The lowest BCUT2D eigenvalue weighted by Gasteiger charge is -2.38. The molecule has 0 spiro atoms. The summed E-state index contributed by atoms with van der Waals surface area (Å²) in [5.41, 5.74) is 1.99. The molecule has 1 heterocycles. The molecule has 3 rings (SSSR count). The van der Waals surface area contributed by atoms with Crippen LogP contribution in [0.15, 0.2) is 53.4 Å². The van der Waals surface area contributed by atoms with E-state index >= 15 is 0 Å². The van der Waals surface area contributed by atoms with Gasteiger partial charge >= 0.3 is 0 Å². The van der Waals surface area contributed by atoms with Crippen LogP contribution in [0.2, 0.25) is 0 Å². The SMILES string of the molecule is Cc1ccc(S[C@@H](C)C(=O)N[C@H]2CC(C)(C)Oc3ccccc32)cc1. The summed E-state index contributed by atoms with van der Waals surface area (Å²) in [7, 11) is 0. The van der Waals surface area contributed by atoms with E-state index in [-0.39, 0.29) is 22.8 Å². The second-order valence-electron chi connectivity index (χ2n) is 7.24. The molecule has 2 aromatic carbocycles. The van der Waals surface area contributed by atoms with E-state index in [2.05, 4.69) is 50.4 Å². The number of fused-ring (bicyclic) bond motifs is 1. The van der Waals surface area contributed by atoms with E-state index in [4.69, 9.17) is 4.74 Å². The third kappa shape index (κ3) is 4.37. The van der Waals surface area contributed by atoms with E-state index in [1.54, 1.807) is 11.8 Å². The molecule has 0 aromatic heterocycles. The summed E-state index contributed by atoms with van der Waals surface area (Å²) in [6, 6.07) is 16.2. The van der Waals surface area contributed by atoms with Crippen LogP contribution in [0.1, 0.15) is 44.4 Å². The Morgan fingerprint density at radius 1 is 1.20 bits per heavy atom. The molecule has 3 nitrogen and oxygen atoms in total. The number of ether oxygens (including phenoxy) is 1. The molecule has 2 aromatic rings. The molecule has 0 saturated heterocycles. The highest BCUT2D eigenvalue weighted by Crippen LogP contribution is 2.39. The molecular weight excluding hydrogens is 330 g/mol. The molecule has 0 saturated carbocycles. The zero-order valence-corrected chi connectivity index (χ0v) is 16.0. The predicted octanol–water partition coefficient (Wildman–Crippen LogP) is 4.89. The topological polar surface area (TPSA) is 38.3 Å². The number of hydrogen-bond donors (Lipinski definition) is 1. The number of benzene rings is 2. The Bertz CT molecular complexity index is 755. The van der Waals surface area contributed by atoms with Crippen molar-refractivity contribution in [3.63, 3.8) is 0 Å². The monoisotopic (exact) mass is 355 g/mol. The second-order valence-corrected chi connectivity index (χ2v) is 8.65. The molecule has 4 heteroatoms. The van der Waals surface area contributed by atoms with Crippen LogP contribution < -0.4 is 10.1 Å². The van der Waals surface area contributed by atoms with Gasteiger partial charge in [0.1, 0.15) is 11.4 Å². The fourth-order valence-electron chi connectivity index (χ4n) is 3.09. The van der Waals surface area contributed by atoms with Gasteiger partial charge in [-0.05, 0) is 45.9 Å². The first kappa shape index (κ1) is 17.9. The van der Waals surface area contributed by atoms with Crippen molar-refractivity contribution in [1.82, 2.24) is 5.32 Å². The van der Waals surface area contributed by atoms with E-state index in [1.807, 2.05) is 31.2 Å². The Morgan fingerprint density at radius 2 is 1.88 bits per heavy atom. The number of aryl methyl sites for hydroxylation is 1. The number of hydrogen-bond acceptors (Lipinski definition) is 3. The van der Waals surface area contributed by atoms with E-state index in [1.165, 1.54) is 5.56 Å². The maximum Gasteiger partial charge on any atom is 0.233 e. The van der Waals surface area contributed by atoms with E-state index < -0.39 is 0 Å². The molecule has 0 aliphatic carbocycles. The van der Waals surface area contributed by atoms with Gasteiger partial charge in [0.05, 0.1) is 11.3 Å².